The predicted molar refractivity (Wildman–Crippen MR) is 116 cm³/mol. The number of benzene rings is 2. The van der Waals surface area contributed by atoms with Gasteiger partial charge in [-0.25, -0.2) is 0 Å². The summed E-state index contributed by atoms with van der Waals surface area (Å²) in [5, 5.41) is 5.95. The molecule has 1 heterocycles. The summed E-state index contributed by atoms with van der Waals surface area (Å²) in [5.41, 5.74) is 2.12. The molecular weight excluding hydrogens is 366 g/mol. The first-order valence-electron chi connectivity index (χ1n) is 10.3. The number of hydrogen-bond acceptors (Lipinski definition) is 4. The van der Waals surface area contributed by atoms with Gasteiger partial charge in [0.05, 0.1) is 13.2 Å². The number of likely N-dealkylation sites (tertiary alicyclic amines) is 1. The highest BCUT2D eigenvalue weighted by atomic mass is 16.5. The van der Waals surface area contributed by atoms with Crippen molar-refractivity contribution in [1.29, 1.82) is 0 Å². The van der Waals surface area contributed by atoms with Crippen LogP contribution in [0.15, 0.2) is 48.5 Å². The summed E-state index contributed by atoms with van der Waals surface area (Å²) in [5.74, 6) is 0.701. The molecule has 1 aliphatic heterocycles. The zero-order valence-electron chi connectivity index (χ0n) is 16.9. The summed E-state index contributed by atoms with van der Waals surface area (Å²) < 4.78 is 5.62. The Labute approximate surface area is 172 Å². The number of rotatable bonds is 9. The van der Waals surface area contributed by atoms with Crippen LogP contribution >= 0.6 is 0 Å². The summed E-state index contributed by atoms with van der Waals surface area (Å²) in [6.45, 7) is 4.59. The van der Waals surface area contributed by atoms with Crippen LogP contribution in [-0.4, -0.2) is 43.0 Å². The lowest BCUT2D eigenvalue weighted by Crippen LogP contribution is -2.27. The smallest absolute Gasteiger partial charge is 0.253 e. The highest BCUT2D eigenvalue weighted by Crippen LogP contribution is 2.17. The van der Waals surface area contributed by atoms with Crippen LogP contribution < -0.4 is 15.4 Å². The normalized spacial score (nSPS) is 13.2. The molecule has 0 spiro atoms. The maximum atomic E-state index is 12.5. The van der Waals surface area contributed by atoms with Gasteiger partial charge in [0, 0.05) is 30.0 Å². The third-order valence-corrected chi connectivity index (χ3v) is 4.86. The van der Waals surface area contributed by atoms with E-state index in [2.05, 4.69) is 17.6 Å². The van der Waals surface area contributed by atoms with E-state index in [-0.39, 0.29) is 18.4 Å². The van der Waals surface area contributed by atoms with E-state index in [1.807, 2.05) is 47.4 Å². The van der Waals surface area contributed by atoms with Gasteiger partial charge in [0.1, 0.15) is 5.75 Å². The fourth-order valence-corrected chi connectivity index (χ4v) is 3.22. The number of nitrogens with zero attached hydrogens (tertiary/aromatic N) is 1. The molecule has 0 aromatic heterocycles. The van der Waals surface area contributed by atoms with Crippen molar-refractivity contribution in [3.05, 3.63) is 54.1 Å². The summed E-state index contributed by atoms with van der Waals surface area (Å²) >= 11 is 0. The molecule has 0 unspecified atom stereocenters. The van der Waals surface area contributed by atoms with Crippen molar-refractivity contribution in [3.8, 4) is 5.75 Å². The third kappa shape index (κ3) is 6.24. The summed E-state index contributed by atoms with van der Waals surface area (Å²) in [7, 11) is 0. The van der Waals surface area contributed by atoms with Gasteiger partial charge < -0.3 is 20.3 Å². The molecule has 0 atom stereocenters. The molecule has 2 amide bonds. The van der Waals surface area contributed by atoms with Crippen molar-refractivity contribution in [1.82, 2.24) is 4.90 Å². The van der Waals surface area contributed by atoms with Crippen LogP contribution in [0.5, 0.6) is 5.75 Å². The largest absolute Gasteiger partial charge is 0.494 e. The second kappa shape index (κ2) is 10.5. The summed E-state index contributed by atoms with van der Waals surface area (Å²) in [6, 6.07) is 14.7. The molecule has 154 valence electrons. The minimum atomic E-state index is -0.152. The third-order valence-electron chi connectivity index (χ3n) is 4.86. The van der Waals surface area contributed by atoms with E-state index >= 15 is 0 Å². The Morgan fingerprint density at radius 3 is 2.52 bits per heavy atom. The monoisotopic (exact) mass is 395 g/mol. The molecule has 6 nitrogen and oxygen atoms in total. The Balaban J connectivity index is 1.48. The molecule has 1 saturated heterocycles. The fraction of sp³-hybridized carbons (Fsp3) is 0.391. The second-order valence-corrected chi connectivity index (χ2v) is 7.21. The first-order chi connectivity index (χ1) is 14.2. The SMILES string of the molecule is CCCCOc1ccc(NC(=O)CNc2cccc(C(=O)N3CCCC3)c2)cc1. The molecule has 1 fully saturated rings. The van der Waals surface area contributed by atoms with Crippen LogP contribution in [0.25, 0.3) is 0 Å². The number of carbonyl (C=O) groups is 2. The van der Waals surface area contributed by atoms with Crippen molar-refractivity contribution < 1.29 is 14.3 Å². The Hall–Kier alpha value is -3.02. The molecule has 2 aromatic rings. The standard InChI is InChI=1S/C23H29N3O3/c1-2-3-15-29-21-11-9-19(10-12-21)25-22(27)17-24-20-8-6-7-18(16-20)23(28)26-13-4-5-14-26/h6-12,16,24H,2-5,13-15,17H2,1H3,(H,25,27). The molecule has 0 bridgehead atoms. The van der Waals surface area contributed by atoms with Crippen LogP contribution in [0.4, 0.5) is 11.4 Å². The molecule has 0 aliphatic carbocycles. The molecular formula is C23H29N3O3. The first-order valence-corrected chi connectivity index (χ1v) is 10.3. The number of hydrogen-bond donors (Lipinski definition) is 2. The van der Waals surface area contributed by atoms with Gasteiger partial charge in [-0.2, -0.15) is 0 Å². The van der Waals surface area contributed by atoms with E-state index in [4.69, 9.17) is 4.74 Å². The van der Waals surface area contributed by atoms with E-state index in [0.717, 1.165) is 55.9 Å². The number of ether oxygens (including phenoxy) is 1. The minimum absolute atomic E-state index is 0.0526. The zero-order valence-corrected chi connectivity index (χ0v) is 16.9. The van der Waals surface area contributed by atoms with Crippen molar-refractivity contribution in [2.45, 2.75) is 32.6 Å². The Kier molecular flexibility index (Phi) is 7.50. The van der Waals surface area contributed by atoms with Gasteiger partial charge in [-0.15, -0.1) is 0 Å². The Morgan fingerprint density at radius 2 is 1.79 bits per heavy atom. The molecule has 1 aliphatic rings. The van der Waals surface area contributed by atoms with Crippen LogP contribution in [-0.2, 0) is 4.79 Å². The highest BCUT2D eigenvalue weighted by Gasteiger charge is 2.19. The molecule has 2 aromatic carbocycles. The Morgan fingerprint density at radius 1 is 1.03 bits per heavy atom. The van der Waals surface area contributed by atoms with Crippen LogP contribution in [0.2, 0.25) is 0 Å². The quantitative estimate of drug-likeness (QED) is 0.626. The van der Waals surface area contributed by atoms with E-state index < -0.39 is 0 Å². The van der Waals surface area contributed by atoms with Gasteiger partial charge in [0.2, 0.25) is 5.91 Å². The predicted octanol–water partition coefficient (Wildman–Crippen LogP) is 4.15. The average molecular weight is 396 g/mol. The summed E-state index contributed by atoms with van der Waals surface area (Å²) in [4.78, 5) is 26.6. The van der Waals surface area contributed by atoms with Gasteiger partial charge in [0.25, 0.3) is 5.91 Å². The topological polar surface area (TPSA) is 70.7 Å². The lowest BCUT2D eigenvalue weighted by molar-refractivity contribution is -0.114. The van der Waals surface area contributed by atoms with Gasteiger partial charge in [-0.1, -0.05) is 19.4 Å². The van der Waals surface area contributed by atoms with Gasteiger partial charge >= 0.3 is 0 Å². The number of carbonyl (C=O) groups excluding carboxylic acids is 2. The van der Waals surface area contributed by atoms with E-state index in [1.165, 1.54) is 0 Å². The van der Waals surface area contributed by atoms with E-state index in [1.54, 1.807) is 6.07 Å². The van der Waals surface area contributed by atoms with E-state index in [0.29, 0.717) is 12.2 Å². The van der Waals surface area contributed by atoms with Crippen LogP contribution in [0.1, 0.15) is 43.0 Å². The van der Waals surface area contributed by atoms with Crippen LogP contribution in [0.3, 0.4) is 0 Å². The summed E-state index contributed by atoms with van der Waals surface area (Å²) in [6.07, 6.45) is 4.25. The van der Waals surface area contributed by atoms with Crippen molar-refractivity contribution in [3.63, 3.8) is 0 Å². The van der Waals surface area contributed by atoms with Gasteiger partial charge in [-0.05, 0) is 61.7 Å². The molecule has 6 heteroatoms. The van der Waals surface area contributed by atoms with Gasteiger partial charge in [0.15, 0.2) is 0 Å². The van der Waals surface area contributed by atoms with Crippen molar-refractivity contribution in [2.24, 2.45) is 0 Å². The number of nitrogens with one attached hydrogen (secondary N) is 2. The molecule has 0 radical (unpaired) electrons. The Bertz CT molecular complexity index is 814. The number of amides is 2. The van der Waals surface area contributed by atoms with Gasteiger partial charge in [-0.3, -0.25) is 9.59 Å². The van der Waals surface area contributed by atoms with Crippen LogP contribution in [0, 0.1) is 0 Å². The minimum Gasteiger partial charge on any atom is -0.494 e. The number of anilines is 2. The highest BCUT2D eigenvalue weighted by molar-refractivity contribution is 5.96. The molecule has 3 rings (SSSR count). The second-order valence-electron chi connectivity index (χ2n) is 7.21. The van der Waals surface area contributed by atoms with Crippen molar-refractivity contribution in [2.75, 3.05) is 36.9 Å². The maximum absolute atomic E-state index is 12.5. The van der Waals surface area contributed by atoms with Crippen molar-refractivity contribution >= 4 is 23.2 Å². The molecule has 2 N–H and O–H groups in total. The zero-order chi connectivity index (χ0) is 20.5. The average Bonchev–Trinajstić information content (AvgIpc) is 3.28. The first kappa shape index (κ1) is 20.7. The lowest BCUT2D eigenvalue weighted by Gasteiger charge is -2.16. The number of unbranched alkanes of at least 4 members (excludes halogenated alkanes) is 1. The lowest BCUT2D eigenvalue weighted by atomic mass is 10.1. The fourth-order valence-electron chi connectivity index (χ4n) is 3.22. The molecule has 29 heavy (non-hydrogen) atoms. The maximum Gasteiger partial charge on any atom is 0.253 e. The molecule has 0 saturated carbocycles. The van der Waals surface area contributed by atoms with E-state index in [9.17, 15) is 9.59 Å².